The summed E-state index contributed by atoms with van der Waals surface area (Å²) in [4.78, 5) is 0. The predicted molar refractivity (Wildman–Crippen MR) is 49.7 cm³/mol. The van der Waals surface area contributed by atoms with Gasteiger partial charge in [0.2, 0.25) is 0 Å². The zero-order valence-electron chi connectivity index (χ0n) is 6.47. The van der Waals surface area contributed by atoms with Crippen LogP contribution in [0.3, 0.4) is 0 Å². The highest BCUT2D eigenvalue weighted by molar-refractivity contribution is 5.66. The van der Waals surface area contributed by atoms with Crippen LogP contribution >= 0.6 is 0 Å². The summed E-state index contributed by atoms with van der Waals surface area (Å²) < 4.78 is 0. The van der Waals surface area contributed by atoms with Crippen LogP contribution < -0.4 is 0 Å². The van der Waals surface area contributed by atoms with Crippen molar-refractivity contribution >= 4 is 12.2 Å². The quantitative estimate of drug-likeness (QED) is 0.579. The van der Waals surface area contributed by atoms with Crippen molar-refractivity contribution in [3.8, 4) is 0 Å². The molecule has 1 aromatic carbocycles. The van der Waals surface area contributed by atoms with Crippen LogP contribution in [0.5, 0.6) is 0 Å². The van der Waals surface area contributed by atoms with Crippen molar-refractivity contribution in [1.29, 1.82) is 0 Å². The van der Waals surface area contributed by atoms with Gasteiger partial charge in [0.25, 0.3) is 0 Å². The van der Waals surface area contributed by atoms with Crippen molar-refractivity contribution < 1.29 is 0 Å². The van der Waals surface area contributed by atoms with Gasteiger partial charge in [-0.2, -0.15) is 0 Å². The summed E-state index contributed by atoms with van der Waals surface area (Å²) in [6.45, 7) is 0. The van der Waals surface area contributed by atoms with Crippen LogP contribution in [0.25, 0.3) is 12.2 Å². The maximum Gasteiger partial charge on any atom is -0.00711 e. The highest BCUT2D eigenvalue weighted by atomic mass is 16.5. The molecule has 1 heterocycles. The van der Waals surface area contributed by atoms with E-state index >= 15 is 0 Å². The molecule has 2 rings (SSSR count). The number of benzene rings is 1. The number of hydrogen-bond donors (Lipinski definition) is 0. The molecule has 1 aliphatic heterocycles. The molecule has 0 unspecified atom stereocenters. The van der Waals surface area contributed by atoms with Crippen LogP contribution in [0.1, 0.15) is 11.1 Å². The number of hydroxylamine groups is 2. The molecule has 60 valence electrons. The van der Waals surface area contributed by atoms with E-state index in [1.54, 1.807) is 0 Å². The van der Waals surface area contributed by atoms with E-state index in [2.05, 4.69) is 0 Å². The third kappa shape index (κ3) is 1.24. The topological polar surface area (TPSA) is 26.3 Å². The van der Waals surface area contributed by atoms with E-state index in [1.165, 1.54) is 12.4 Å². The van der Waals surface area contributed by atoms with Gasteiger partial charge in [0.1, 0.15) is 0 Å². The fraction of sp³-hybridized carbons (Fsp3) is 0. The Kier molecular flexibility index (Phi) is 1.68. The molecule has 0 fully saturated rings. The molecule has 0 N–H and O–H groups in total. The molecular weight excluding hydrogens is 150 g/mol. The summed E-state index contributed by atoms with van der Waals surface area (Å²) >= 11 is 0. The van der Waals surface area contributed by atoms with Gasteiger partial charge >= 0.3 is 0 Å². The molecule has 0 saturated heterocycles. The Morgan fingerprint density at radius 1 is 0.917 bits per heavy atom. The first-order chi connectivity index (χ1) is 5.86. The van der Waals surface area contributed by atoms with Crippen LogP contribution in [-0.4, -0.2) is 5.06 Å². The van der Waals surface area contributed by atoms with Gasteiger partial charge < -0.3 is 10.3 Å². The van der Waals surface area contributed by atoms with Crippen molar-refractivity contribution in [2.45, 2.75) is 0 Å². The predicted octanol–water partition coefficient (Wildman–Crippen LogP) is 2.44. The molecule has 0 aliphatic carbocycles. The summed E-state index contributed by atoms with van der Waals surface area (Å²) in [6.07, 6.45) is 6.62. The Morgan fingerprint density at radius 2 is 1.42 bits per heavy atom. The Bertz CT molecular complexity index is 308. The Morgan fingerprint density at radius 3 is 1.92 bits per heavy atom. The van der Waals surface area contributed by atoms with E-state index in [9.17, 15) is 5.21 Å². The van der Waals surface area contributed by atoms with Crippen LogP contribution in [-0.2, 0) is 0 Å². The van der Waals surface area contributed by atoms with Gasteiger partial charge in [0.15, 0.2) is 0 Å². The maximum absolute atomic E-state index is 10.9. The average Bonchev–Trinajstić information content (AvgIpc) is 2.29. The number of hydrogen-bond acceptors (Lipinski definition) is 2. The normalized spacial score (nSPS) is 14.2. The van der Waals surface area contributed by atoms with Gasteiger partial charge in [-0.05, 0) is 35.7 Å². The zero-order chi connectivity index (χ0) is 8.39. The Labute approximate surface area is 71.0 Å². The molecule has 0 atom stereocenters. The zero-order valence-corrected chi connectivity index (χ0v) is 6.47. The van der Waals surface area contributed by atoms with E-state index < -0.39 is 0 Å². The fourth-order valence-corrected chi connectivity index (χ4v) is 1.17. The number of fused-ring (bicyclic) bond motifs is 1. The molecule has 0 bridgehead atoms. The van der Waals surface area contributed by atoms with Crippen LogP contribution in [0.15, 0.2) is 36.7 Å². The lowest BCUT2D eigenvalue weighted by Gasteiger charge is -2.18. The van der Waals surface area contributed by atoms with Crippen LogP contribution in [0.4, 0.5) is 0 Å². The smallest absolute Gasteiger partial charge is 0.00711 e. The first kappa shape index (κ1) is 7.13. The Balaban J connectivity index is 2.52. The molecule has 0 amide bonds. The second kappa shape index (κ2) is 2.83. The van der Waals surface area contributed by atoms with E-state index in [1.807, 2.05) is 36.4 Å². The first-order valence-corrected chi connectivity index (χ1v) is 3.77. The van der Waals surface area contributed by atoms with Crippen LogP contribution in [0.2, 0.25) is 0 Å². The first-order valence-electron chi connectivity index (χ1n) is 3.77. The molecule has 2 nitrogen and oxygen atoms in total. The molecule has 1 aliphatic rings. The molecule has 0 radical (unpaired) electrons. The van der Waals surface area contributed by atoms with E-state index in [0.29, 0.717) is 0 Å². The van der Waals surface area contributed by atoms with Gasteiger partial charge in [0.05, 0.1) is 0 Å². The second-order valence-electron chi connectivity index (χ2n) is 2.62. The summed E-state index contributed by atoms with van der Waals surface area (Å²) in [7, 11) is 0. The summed E-state index contributed by atoms with van der Waals surface area (Å²) in [5, 5.41) is 11.7. The van der Waals surface area contributed by atoms with E-state index in [-0.39, 0.29) is 0 Å². The van der Waals surface area contributed by atoms with E-state index in [0.717, 1.165) is 16.2 Å². The van der Waals surface area contributed by atoms with Crippen LogP contribution in [0, 0.1) is 5.21 Å². The van der Waals surface area contributed by atoms with Gasteiger partial charge in [0, 0.05) is 0 Å². The van der Waals surface area contributed by atoms with E-state index in [4.69, 9.17) is 0 Å². The molecule has 12 heavy (non-hydrogen) atoms. The lowest BCUT2D eigenvalue weighted by Crippen LogP contribution is -1.93. The van der Waals surface area contributed by atoms with Crippen molar-refractivity contribution in [3.63, 3.8) is 0 Å². The number of rotatable bonds is 0. The minimum atomic E-state index is 0.792. The fourth-order valence-electron chi connectivity index (χ4n) is 1.17. The van der Waals surface area contributed by atoms with Gasteiger partial charge in [-0.25, -0.2) is 0 Å². The third-order valence-corrected chi connectivity index (χ3v) is 1.80. The molecule has 0 aromatic heterocycles. The van der Waals surface area contributed by atoms with Crippen molar-refractivity contribution in [2.75, 3.05) is 0 Å². The third-order valence-electron chi connectivity index (χ3n) is 1.80. The maximum atomic E-state index is 10.9. The summed E-state index contributed by atoms with van der Waals surface area (Å²) in [5.74, 6) is 0. The molecule has 0 spiro atoms. The molecule has 2 heteroatoms. The van der Waals surface area contributed by atoms with Gasteiger partial charge in [-0.1, -0.05) is 24.3 Å². The van der Waals surface area contributed by atoms with Gasteiger partial charge in [-0.3, -0.25) is 0 Å². The Hall–Kier alpha value is -1.54. The average molecular weight is 158 g/mol. The van der Waals surface area contributed by atoms with Crippen molar-refractivity contribution in [1.82, 2.24) is 5.06 Å². The molecule has 0 saturated carbocycles. The second-order valence-corrected chi connectivity index (χ2v) is 2.62. The number of nitrogens with zero attached hydrogens (tertiary/aromatic N) is 1. The highest BCUT2D eigenvalue weighted by Gasteiger charge is 1.95. The summed E-state index contributed by atoms with van der Waals surface area (Å²) in [6, 6.07) is 7.87. The van der Waals surface area contributed by atoms with Crippen molar-refractivity contribution in [2.24, 2.45) is 0 Å². The van der Waals surface area contributed by atoms with Gasteiger partial charge in [-0.15, -0.1) is 0 Å². The van der Waals surface area contributed by atoms with Crippen molar-refractivity contribution in [3.05, 3.63) is 53.0 Å². The molecular formula is C10H8NO-. The monoisotopic (exact) mass is 158 g/mol. The standard InChI is InChI=1S/C10H8NO/c12-11-7-5-9-3-1-2-4-10(9)6-8-11/h1-8H/q-1. The highest BCUT2D eigenvalue weighted by Crippen LogP contribution is 2.15. The minimum Gasteiger partial charge on any atom is -0.755 e. The minimum absolute atomic E-state index is 0.792. The summed E-state index contributed by atoms with van der Waals surface area (Å²) in [5.41, 5.74) is 2.15. The molecule has 1 aromatic rings. The SMILES string of the molecule is [O-]N1C=Cc2ccccc2C=C1. The lowest BCUT2D eigenvalue weighted by molar-refractivity contribution is 0.709. The largest absolute Gasteiger partial charge is 0.755 e. The lowest BCUT2D eigenvalue weighted by atomic mass is 10.1.